The highest BCUT2D eigenvalue weighted by Gasteiger charge is 2.34. The van der Waals surface area contributed by atoms with Crippen molar-refractivity contribution < 1.29 is 26.7 Å². The number of carbonyl (C=O) groups excluding carboxylic acids is 1. The summed E-state index contributed by atoms with van der Waals surface area (Å²) in [6.07, 6.45) is -4.89. The number of alkyl halides is 4. The number of carbonyl (C=O) groups is 1. The smallest absolute Gasteiger partial charge is 0.291 e. The average molecular weight is 224 g/mol. The van der Waals surface area contributed by atoms with E-state index in [1.807, 2.05) is 0 Å². The Bertz CT molecular complexity index is 383. The Hall–Kier alpha value is -1.46. The van der Waals surface area contributed by atoms with Gasteiger partial charge in [0.1, 0.15) is 5.82 Å². The summed E-state index contributed by atoms with van der Waals surface area (Å²) in [5.74, 6) is -2.60. The van der Waals surface area contributed by atoms with Gasteiger partial charge in [-0.25, -0.2) is 8.78 Å². The summed E-state index contributed by atoms with van der Waals surface area (Å²) in [4.78, 5) is 10.7. The lowest BCUT2D eigenvalue weighted by atomic mass is 10.1. The number of ketones is 1. The van der Waals surface area contributed by atoms with E-state index in [1.165, 1.54) is 0 Å². The van der Waals surface area contributed by atoms with Crippen LogP contribution < -0.4 is 0 Å². The van der Waals surface area contributed by atoms with Crippen LogP contribution >= 0.6 is 0 Å². The van der Waals surface area contributed by atoms with E-state index in [1.54, 1.807) is 0 Å². The van der Waals surface area contributed by atoms with E-state index in [0.29, 0.717) is 12.1 Å². The molecule has 1 aromatic carbocycles. The first-order valence-corrected chi connectivity index (χ1v) is 3.82. The van der Waals surface area contributed by atoms with Crippen LogP contribution in [-0.2, 0) is 6.18 Å². The first kappa shape index (κ1) is 11.6. The van der Waals surface area contributed by atoms with Crippen molar-refractivity contribution in [2.75, 3.05) is 6.67 Å². The van der Waals surface area contributed by atoms with Crippen LogP contribution in [0.4, 0.5) is 22.0 Å². The molecule has 1 aromatic rings. The molecule has 0 aromatic heterocycles. The van der Waals surface area contributed by atoms with E-state index in [0.717, 1.165) is 6.07 Å². The lowest BCUT2D eigenvalue weighted by Gasteiger charge is -2.08. The lowest BCUT2D eigenvalue weighted by Crippen LogP contribution is -2.11. The predicted octanol–water partition coefficient (Wildman–Crippen LogP) is 3.00. The molecule has 1 nitrogen and oxygen atoms in total. The zero-order valence-electron chi connectivity index (χ0n) is 7.24. The minimum absolute atomic E-state index is 0.303. The van der Waals surface area contributed by atoms with Crippen molar-refractivity contribution >= 4 is 5.78 Å². The molecule has 0 saturated carbocycles. The van der Waals surface area contributed by atoms with E-state index < -0.39 is 35.6 Å². The van der Waals surface area contributed by atoms with Crippen molar-refractivity contribution in [3.63, 3.8) is 0 Å². The maximum Gasteiger partial charge on any atom is 0.419 e. The summed E-state index contributed by atoms with van der Waals surface area (Å²) in [6, 6.07) is 1.61. The van der Waals surface area contributed by atoms with E-state index in [2.05, 4.69) is 0 Å². The van der Waals surface area contributed by atoms with E-state index in [9.17, 15) is 26.7 Å². The van der Waals surface area contributed by atoms with Crippen molar-refractivity contribution in [3.8, 4) is 0 Å². The summed E-state index contributed by atoms with van der Waals surface area (Å²) in [5, 5.41) is 0. The summed E-state index contributed by atoms with van der Waals surface area (Å²) in [6.45, 7) is -1.41. The molecule has 0 aliphatic heterocycles. The Morgan fingerprint density at radius 2 is 1.87 bits per heavy atom. The molecule has 1 rings (SSSR count). The fourth-order valence-electron chi connectivity index (χ4n) is 0.993. The van der Waals surface area contributed by atoms with Gasteiger partial charge in [0, 0.05) is 5.56 Å². The molecule has 0 aliphatic rings. The van der Waals surface area contributed by atoms with Gasteiger partial charge in [0.25, 0.3) is 0 Å². The van der Waals surface area contributed by atoms with Gasteiger partial charge in [-0.15, -0.1) is 0 Å². The highest BCUT2D eigenvalue weighted by molar-refractivity contribution is 5.97. The Balaban J connectivity index is 3.23. The number of rotatable bonds is 2. The standard InChI is InChI=1S/C9H5F5O/c10-4-8(15)5-1-2-7(11)6(3-5)9(12,13)14/h1-3H,4H2. The van der Waals surface area contributed by atoms with Gasteiger partial charge in [0.15, 0.2) is 12.5 Å². The number of hydrogen-bond donors (Lipinski definition) is 0. The van der Waals surface area contributed by atoms with Crippen molar-refractivity contribution in [1.29, 1.82) is 0 Å². The number of benzene rings is 1. The molecular weight excluding hydrogens is 219 g/mol. The first-order valence-electron chi connectivity index (χ1n) is 3.82. The van der Waals surface area contributed by atoms with E-state index in [4.69, 9.17) is 0 Å². The third-order valence-electron chi connectivity index (χ3n) is 1.72. The van der Waals surface area contributed by atoms with Gasteiger partial charge < -0.3 is 0 Å². The van der Waals surface area contributed by atoms with Gasteiger partial charge in [-0.1, -0.05) is 0 Å². The number of Topliss-reactive ketones (excluding diaryl/α,β-unsaturated/α-hetero) is 1. The van der Waals surface area contributed by atoms with Crippen LogP contribution in [-0.4, -0.2) is 12.5 Å². The summed E-state index contributed by atoms with van der Waals surface area (Å²) < 4.78 is 61.0. The number of hydrogen-bond acceptors (Lipinski definition) is 1. The Kier molecular flexibility index (Phi) is 3.06. The van der Waals surface area contributed by atoms with Crippen LogP contribution in [0.3, 0.4) is 0 Å². The fourth-order valence-corrected chi connectivity index (χ4v) is 0.993. The molecule has 0 amide bonds. The zero-order chi connectivity index (χ0) is 11.6. The van der Waals surface area contributed by atoms with E-state index >= 15 is 0 Å². The van der Waals surface area contributed by atoms with Gasteiger partial charge in [0.2, 0.25) is 0 Å². The Morgan fingerprint density at radius 3 is 2.33 bits per heavy atom. The van der Waals surface area contributed by atoms with Crippen molar-refractivity contribution in [3.05, 3.63) is 35.1 Å². The largest absolute Gasteiger partial charge is 0.419 e. The highest BCUT2D eigenvalue weighted by Crippen LogP contribution is 2.31. The minimum atomic E-state index is -4.89. The van der Waals surface area contributed by atoms with Crippen molar-refractivity contribution in [2.24, 2.45) is 0 Å². The van der Waals surface area contributed by atoms with Gasteiger partial charge in [-0.3, -0.25) is 4.79 Å². The second kappa shape index (κ2) is 3.96. The summed E-state index contributed by atoms with van der Waals surface area (Å²) >= 11 is 0. The maximum absolute atomic E-state index is 12.7. The van der Waals surface area contributed by atoms with E-state index in [-0.39, 0.29) is 0 Å². The Labute approximate surface area is 81.5 Å². The molecule has 0 saturated heterocycles. The molecule has 0 aliphatic carbocycles. The SMILES string of the molecule is O=C(CF)c1ccc(F)c(C(F)(F)F)c1. The third-order valence-corrected chi connectivity index (χ3v) is 1.72. The Morgan fingerprint density at radius 1 is 1.27 bits per heavy atom. The van der Waals surface area contributed by atoms with Crippen LogP contribution in [0, 0.1) is 5.82 Å². The topological polar surface area (TPSA) is 17.1 Å². The van der Waals surface area contributed by atoms with Gasteiger partial charge in [0.05, 0.1) is 5.56 Å². The normalized spacial score (nSPS) is 11.5. The van der Waals surface area contributed by atoms with Crippen LogP contribution in [0.15, 0.2) is 18.2 Å². The quantitative estimate of drug-likeness (QED) is 0.557. The first-order chi connectivity index (χ1) is 6.86. The summed E-state index contributed by atoms with van der Waals surface area (Å²) in [5.41, 5.74) is -2.06. The van der Waals surface area contributed by atoms with Gasteiger partial charge in [-0.2, -0.15) is 13.2 Å². The van der Waals surface area contributed by atoms with Crippen LogP contribution in [0.1, 0.15) is 15.9 Å². The molecule has 0 radical (unpaired) electrons. The molecule has 0 fully saturated rings. The van der Waals surface area contributed by atoms with Crippen LogP contribution in [0.25, 0.3) is 0 Å². The molecule has 0 heterocycles. The van der Waals surface area contributed by atoms with Crippen molar-refractivity contribution in [1.82, 2.24) is 0 Å². The third kappa shape index (κ3) is 2.51. The highest BCUT2D eigenvalue weighted by atomic mass is 19.4. The molecule has 0 bridgehead atoms. The molecule has 15 heavy (non-hydrogen) atoms. The van der Waals surface area contributed by atoms with Gasteiger partial charge in [-0.05, 0) is 18.2 Å². The number of halogens is 5. The molecule has 0 N–H and O–H groups in total. The van der Waals surface area contributed by atoms with Gasteiger partial charge >= 0.3 is 6.18 Å². The molecular formula is C9H5F5O. The zero-order valence-corrected chi connectivity index (χ0v) is 7.24. The molecule has 82 valence electrons. The fraction of sp³-hybridized carbons (Fsp3) is 0.222. The predicted molar refractivity (Wildman–Crippen MR) is 41.7 cm³/mol. The second-order valence-corrected chi connectivity index (χ2v) is 2.75. The minimum Gasteiger partial charge on any atom is -0.291 e. The molecule has 0 unspecified atom stereocenters. The average Bonchev–Trinajstić information content (AvgIpc) is 2.15. The van der Waals surface area contributed by atoms with Crippen LogP contribution in [0.2, 0.25) is 0 Å². The van der Waals surface area contributed by atoms with Crippen LogP contribution in [0.5, 0.6) is 0 Å². The lowest BCUT2D eigenvalue weighted by molar-refractivity contribution is -0.140. The molecule has 6 heteroatoms. The second-order valence-electron chi connectivity index (χ2n) is 2.75. The monoisotopic (exact) mass is 224 g/mol. The molecule has 0 spiro atoms. The van der Waals surface area contributed by atoms with Crippen molar-refractivity contribution in [2.45, 2.75) is 6.18 Å². The maximum atomic E-state index is 12.7. The molecule has 0 atom stereocenters. The summed E-state index contributed by atoms with van der Waals surface area (Å²) in [7, 11) is 0.